The number of aromatic nitrogens is 2. The molecule has 196 valence electrons. The van der Waals surface area contributed by atoms with E-state index in [1.54, 1.807) is 6.07 Å². The first-order valence-electron chi connectivity index (χ1n) is 12.6. The SMILES string of the molecule is CO[C@@H](CN(C)C)C(=O)N[C@H](C#N)Cc1ccc(-c2ccc3cnn(C4CCN(C)CC4)c3c2)cc1F. The molecule has 37 heavy (non-hydrogen) atoms. The lowest BCUT2D eigenvalue weighted by molar-refractivity contribution is -0.132. The van der Waals surface area contributed by atoms with Crippen LogP contribution in [0, 0.1) is 17.1 Å². The number of hydrogen-bond acceptors (Lipinski definition) is 6. The van der Waals surface area contributed by atoms with Crippen LogP contribution in [0.1, 0.15) is 24.4 Å². The highest BCUT2D eigenvalue weighted by Crippen LogP contribution is 2.30. The average molecular weight is 507 g/mol. The van der Waals surface area contributed by atoms with Gasteiger partial charge in [0.05, 0.1) is 23.8 Å². The van der Waals surface area contributed by atoms with Crippen molar-refractivity contribution in [2.45, 2.75) is 37.5 Å². The van der Waals surface area contributed by atoms with Crippen molar-refractivity contribution in [2.75, 3.05) is 47.9 Å². The molecule has 1 fully saturated rings. The maximum absolute atomic E-state index is 15.2. The van der Waals surface area contributed by atoms with Crippen molar-refractivity contribution in [2.24, 2.45) is 0 Å². The summed E-state index contributed by atoms with van der Waals surface area (Å²) in [5.74, 6) is -0.804. The smallest absolute Gasteiger partial charge is 0.251 e. The molecule has 2 heterocycles. The number of nitrogens with zero attached hydrogens (tertiary/aromatic N) is 5. The van der Waals surface area contributed by atoms with Crippen molar-refractivity contribution in [1.29, 1.82) is 5.26 Å². The fraction of sp³-hybridized carbons (Fsp3) is 0.464. The van der Waals surface area contributed by atoms with Crippen LogP contribution in [0.4, 0.5) is 4.39 Å². The Morgan fingerprint density at radius 3 is 2.59 bits per heavy atom. The summed E-state index contributed by atoms with van der Waals surface area (Å²) >= 11 is 0. The summed E-state index contributed by atoms with van der Waals surface area (Å²) in [6.07, 6.45) is 3.35. The Labute approximate surface area is 217 Å². The van der Waals surface area contributed by atoms with Gasteiger partial charge in [-0.05, 0) is 75.9 Å². The van der Waals surface area contributed by atoms with E-state index in [0.717, 1.165) is 48.0 Å². The number of amides is 1. The second-order valence-corrected chi connectivity index (χ2v) is 10.1. The number of nitrogens with one attached hydrogen (secondary N) is 1. The number of methoxy groups -OCH3 is 1. The summed E-state index contributed by atoms with van der Waals surface area (Å²) in [7, 11) is 7.25. The summed E-state index contributed by atoms with van der Waals surface area (Å²) in [6.45, 7) is 2.47. The minimum Gasteiger partial charge on any atom is -0.370 e. The van der Waals surface area contributed by atoms with Crippen LogP contribution in [-0.2, 0) is 16.0 Å². The Kier molecular flexibility index (Phi) is 8.54. The quantitative estimate of drug-likeness (QED) is 0.480. The normalized spacial score (nSPS) is 16.6. The van der Waals surface area contributed by atoms with Crippen molar-refractivity contribution in [3.8, 4) is 17.2 Å². The molecule has 0 saturated carbocycles. The molecule has 1 aromatic heterocycles. The third-order valence-corrected chi connectivity index (χ3v) is 7.02. The number of rotatable bonds is 9. The lowest BCUT2D eigenvalue weighted by Crippen LogP contribution is -2.46. The number of carbonyl (C=O) groups excluding carboxylic acids is 1. The van der Waals surface area contributed by atoms with Gasteiger partial charge in [-0.15, -0.1) is 0 Å². The van der Waals surface area contributed by atoms with E-state index in [9.17, 15) is 10.1 Å². The van der Waals surface area contributed by atoms with Crippen LogP contribution in [0.15, 0.2) is 42.6 Å². The van der Waals surface area contributed by atoms with Crippen LogP contribution in [0.25, 0.3) is 22.0 Å². The second-order valence-electron chi connectivity index (χ2n) is 10.1. The summed E-state index contributed by atoms with van der Waals surface area (Å²) in [5.41, 5.74) is 3.08. The number of halogens is 1. The highest BCUT2D eigenvalue weighted by atomic mass is 19.1. The van der Waals surface area contributed by atoms with Gasteiger partial charge in [-0.25, -0.2) is 4.39 Å². The molecule has 1 N–H and O–H groups in total. The van der Waals surface area contributed by atoms with Crippen LogP contribution < -0.4 is 5.32 Å². The molecular weight excluding hydrogens is 471 g/mol. The molecule has 2 atom stereocenters. The first-order valence-corrected chi connectivity index (χ1v) is 12.6. The van der Waals surface area contributed by atoms with Gasteiger partial charge in [0.1, 0.15) is 18.0 Å². The largest absolute Gasteiger partial charge is 0.370 e. The average Bonchev–Trinajstić information content (AvgIpc) is 3.31. The molecule has 8 nitrogen and oxygen atoms in total. The van der Waals surface area contributed by atoms with Gasteiger partial charge in [-0.2, -0.15) is 10.4 Å². The van der Waals surface area contributed by atoms with E-state index in [1.807, 2.05) is 43.4 Å². The van der Waals surface area contributed by atoms with Crippen molar-refractivity contribution >= 4 is 16.8 Å². The van der Waals surface area contributed by atoms with Gasteiger partial charge in [0.15, 0.2) is 0 Å². The van der Waals surface area contributed by atoms with E-state index >= 15 is 4.39 Å². The predicted molar refractivity (Wildman–Crippen MR) is 141 cm³/mol. The third-order valence-electron chi connectivity index (χ3n) is 7.02. The topological polar surface area (TPSA) is 86.4 Å². The Morgan fingerprint density at radius 1 is 1.24 bits per heavy atom. The van der Waals surface area contributed by atoms with Crippen LogP contribution in [-0.4, -0.2) is 85.5 Å². The molecule has 1 amide bonds. The molecule has 1 saturated heterocycles. The van der Waals surface area contributed by atoms with Gasteiger partial charge >= 0.3 is 0 Å². The molecular formula is C28H35FN6O2. The fourth-order valence-corrected chi connectivity index (χ4v) is 4.85. The number of likely N-dealkylation sites (N-methyl/N-ethyl adjacent to an activating group) is 1. The van der Waals surface area contributed by atoms with Crippen LogP contribution in [0.2, 0.25) is 0 Å². The van der Waals surface area contributed by atoms with Crippen molar-refractivity contribution < 1.29 is 13.9 Å². The third kappa shape index (κ3) is 6.34. The van der Waals surface area contributed by atoms with Gasteiger partial charge < -0.3 is 19.9 Å². The summed E-state index contributed by atoms with van der Waals surface area (Å²) in [4.78, 5) is 16.7. The van der Waals surface area contributed by atoms with E-state index in [4.69, 9.17) is 4.74 Å². The number of hydrogen-bond donors (Lipinski definition) is 1. The molecule has 9 heteroatoms. The maximum atomic E-state index is 15.2. The lowest BCUT2D eigenvalue weighted by Gasteiger charge is -2.29. The van der Waals surface area contributed by atoms with Gasteiger partial charge in [-0.1, -0.05) is 24.3 Å². The number of fused-ring (bicyclic) bond motifs is 1. The van der Waals surface area contributed by atoms with Gasteiger partial charge in [0, 0.05) is 25.5 Å². The zero-order valence-corrected chi connectivity index (χ0v) is 21.9. The number of nitriles is 1. The van der Waals surface area contributed by atoms with Gasteiger partial charge in [-0.3, -0.25) is 9.48 Å². The minimum absolute atomic E-state index is 0.0642. The fourth-order valence-electron chi connectivity index (χ4n) is 4.85. The molecule has 0 unspecified atom stereocenters. The van der Waals surface area contributed by atoms with Crippen molar-refractivity contribution in [3.05, 3.63) is 54.0 Å². The van der Waals surface area contributed by atoms with Gasteiger partial charge in [0.25, 0.3) is 5.91 Å². The zero-order chi connectivity index (χ0) is 26.5. The molecule has 0 bridgehead atoms. The number of piperidine rings is 1. The van der Waals surface area contributed by atoms with E-state index in [2.05, 4.69) is 39.2 Å². The molecule has 0 radical (unpaired) electrons. The highest BCUT2D eigenvalue weighted by Gasteiger charge is 2.23. The number of ether oxygens (including phenoxy) is 1. The zero-order valence-electron chi connectivity index (χ0n) is 21.9. The van der Waals surface area contributed by atoms with E-state index in [1.165, 1.54) is 13.2 Å². The molecule has 1 aliphatic rings. The predicted octanol–water partition coefficient (Wildman–Crippen LogP) is 3.24. The molecule has 2 aromatic carbocycles. The van der Waals surface area contributed by atoms with Gasteiger partial charge in [0.2, 0.25) is 0 Å². The molecule has 0 aliphatic carbocycles. The van der Waals surface area contributed by atoms with E-state index < -0.39 is 23.9 Å². The monoisotopic (exact) mass is 506 g/mol. The van der Waals surface area contributed by atoms with Crippen LogP contribution >= 0.6 is 0 Å². The second kappa shape index (κ2) is 11.8. The molecule has 1 aliphatic heterocycles. The summed E-state index contributed by atoms with van der Waals surface area (Å²) in [5, 5.41) is 18.0. The number of benzene rings is 2. The first-order chi connectivity index (χ1) is 17.8. The Hall–Kier alpha value is -3.32. The maximum Gasteiger partial charge on any atom is 0.251 e. The van der Waals surface area contributed by atoms with E-state index in [0.29, 0.717) is 18.2 Å². The molecule has 3 aromatic rings. The van der Waals surface area contributed by atoms with E-state index in [-0.39, 0.29) is 6.42 Å². The number of carbonyl (C=O) groups is 1. The molecule has 0 spiro atoms. The Balaban J connectivity index is 1.50. The van der Waals surface area contributed by atoms with Crippen LogP contribution in [0.3, 0.4) is 0 Å². The van der Waals surface area contributed by atoms with Crippen molar-refractivity contribution in [3.63, 3.8) is 0 Å². The highest BCUT2D eigenvalue weighted by molar-refractivity contribution is 5.84. The summed E-state index contributed by atoms with van der Waals surface area (Å²) in [6, 6.07) is 12.7. The van der Waals surface area contributed by atoms with Crippen LogP contribution in [0.5, 0.6) is 0 Å². The summed E-state index contributed by atoms with van der Waals surface area (Å²) < 4.78 is 22.5. The minimum atomic E-state index is -0.868. The lowest BCUT2D eigenvalue weighted by atomic mass is 9.99. The standard InChI is InChI=1S/C28H35FN6O2/c1-33(2)18-27(37-4)28(36)32-23(16-30)13-21-7-5-19(14-25(21)29)20-6-8-22-17-31-35(26(22)15-20)24-9-11-34(3)12-10-24/h5-8,14-15,17,23-24,27H,9-13,18H2,1-4H3,(H,32,36)/t23-,27-/m0/s1. The first kappa shape index (κ1) is 26.7. The molecule has 4 rings (SSSR count). The Bertz CT molecular complexity index is 1280. The Morgan fingerprint density at radius 2 is 1.95 bits per heavy atom. The van der Waals surface area contributed by atoms with Crippen molar-refractivity contribution in [1.82, 2.24) is 24.9 Å². The number of likely N-dealkylation sites (tertiary alicyclic amines) is 1.